The first-order valence-corrected chi connectivity index (χ1v) is 4.50. The van der Waals surface area contributed by atoms with Gasteiger partial charge >= 0.3 is 41.5 Å². The second-order valence-corrected chi connectivity index (χ2v) is 2.93. The van der Waals surface area contributed by atoms with Crippen molar-refractivity contribution in [3.05, 3.63) is 0 Å². The molecule has 0 aliphatic heterocycles. The number of hydrogen-bond acceptors (Lipinski definition) is 4. The molecule has 0 aromatic rings. The SMILES string of the molecule is CCCCCC(=O)OC(=O)C(C)O.[NaH]. The van der Waals surface area contributed by atoms with Gasteiger partial charge in [-0.15, -0.1) is 0 Å². The van der Waals surface area contributed by atoms with Crippen molar-refractivity contribution in [2.24, 2.45) is 0 Å². The maximum absolute atomic E-state index is 10.9. The van der Waals surface area contributed by atoms with Crippen LogP contribution in [0.5, 0.6) is 0 Å². The van der Waals surface area contributed by atoms with Crippen LogP contribution in [0.15, 0.2) is 0 Å². The molecule has 1 N–H and O–H groups in total. The molecule has 0 aromatic heterocycles. The molecule has 0 amide bonds. The van der Waals surface area contributed by atoms with Gasteiger partial charge in [-0.2, -0.15) is 0 Å². The zero-order valence-electron chi connectivity index (χ0n) is 8.08. The van der Waals surface area contributed by atoms with Gasteiger partial charge in [-0.25, -0.2) is 4.79 Å². The van der Waals surface area contributed by atoms with E-state index in [9.17, 15) is 9.59 Å². The van der Waals surface area contributed by atoms with Crippen molar-refractivity contribution in [1.82, 2.24) is 0 Å². The summed E-state index contributed by atoms with van der Waals surface area (Å²) in [6.45, 7) is 3.29. The summed E-state index contributed by atoms with van der Waals surface area (Å²) in [5.41, 5.74) is 0. The standard InChI is InChI=1S/C9H16O4.Na.H/c1-3-4-5-6-8(11)13-9(12)7(2)10;;/h7,10H,3-6H2,1-2H3;;. The van der Waals surface area contributed by atoms with Crippen molar-refractivity contribution in [3.8, 4) is 0 Å². The molecule has 1 atom stereocenters. The zero-order chi connectivity index (χ0) is 10.3. The summed E-state index contributed by atoms with van der Waals surface area (Å²) in [6.07, 6.45) is 1.69. The number of carbonyl (C=O) groups is 2. The van der Waals surface area contributed by atoms with Gasteiger partial charge < -0.3 is 9.84 Å². The van der Waals surface area contributed by atoms with E-state index in [1.54, 1.807) is 0 Å². The summed E-state index contributed by atoms with van der Waals surface area (Å²) < 4.78 is 4.33. The van der Waals surface area contributed by atoms with E-state index >= 15 is 0 Å². The van der Waals surface area contributed by atoms with E-state index in [1.807, 2.05) is 6.92 Å². The number of ether oxygens (including phenoxy) is 1. The number of esters is 2. The Kier molecular flexibility index (Phi) is 11.4. The maximum atomic E-state index is 10.9. The van der Waals surface area contributed by atoms with Crippen molar-refractivity contribution in [2.45, 2.75) is 45.6 Å². The van der Waals surface area contributed by atoms with Crippen molar-refractivity contribution in [2.75, 3.05) is 0 Å². The third-order valence-electron chi connectivity index (χ3n) is 1.54. The van der Waals surface area contributed by atoms with E-state index in [2.05, 4.69) is 4.74 Å². The summed E-state index contributed by atoms with van der Waals surface area (Å²) in [4.78, 5) is 21.6. The van der Waals surface area contributed by atoms with Crippen LogP contribution in [-0.4, -0.2) is 52.7 Å². The number of hydrogen-bond donors (Lipinski definition) is 1. The molecule has 0 spiro atoms. The van der Waals surface area contributed by atoms with Crippen LogP contribution in [0, 0.1) is 0 Å². The number of rotatable bonds is 5. The Hall–Kier alpha value is 0.1000. The Morgan fingerprint density at radius 3 is 2.36 bits per heavy atom. The Balaban J connectivity index is 0. The molecule has 0 bridgehead atoms. The van der Waals surface area contributed by atoms with Crippen LogP contribution in [0.1, 0.15) is 39.5 Å². The van der Waals surface area contributed by atoms with Gasteiger partial charge in [0.1, 0.15) is 6.10 Å². The quantitative estimate of drug-likeness (QED) is 0.309. The molecule has 14 heavy (non-hydrogen) atoms. The first-order valence-electron chi connectivity index (χ1n) is 4.50. The summed E-state index contributed by atoms with van der Waals surface area (Å²) in [5.74, 6) is -1.43. The third kappa shape index (κ3) is 8.69. The second-order valence-electron chi connectivity index (χ2n) is 2.93. The van der Waals surface area contributed by atoms with E-state index in [0.29, 0.717) is 0 Å². The molecule has 0 rings (SSSR count). The van der Waals surface area contributed by atoms with Gasteiger partial charge in [-0.3, -0.25) is 4.79 Å². The van der Waals surface area contributed by atoms with E-state index in [-0.39, 0.29) is 36.0 Å². The number of unbranched alkanes of at least 4 members (excludes halogenated alkanes) is 2. The fraction of sp³-hybridized carbons (Fsp3) is 0.778. The van der Waals surface area contributed by atoms with Gasteiger partial charge in [0, 0.05) is 6.42 Å². The van der Waals surface area contributed by atoms with Crippen molar-refractivity contribution in [3.63, 3.8) is 0 Å². The van der Waals surface area contributed by atoms with Gasteiger partial charge in [-0.1, -0.05) is 19.8 Å². The fourth-order valence-electron chi connectivity index (χ4n) is 0.768. The molecule has 0 radical (unpaired) electrons. The monoisotopic (exact) mass is 212 g/mol. The van der Waals surface area contributed by atoms with E-state index in [4.69, 9.17) is 5.11 Å². The first-order chi connectivity index (χ1) is 6.07. The molecule has 78 valence electrons. The normalized spacial score (nSPS) is 11.4. The molecule has 0 saturated heterocycles. The van der Waals surface area contributed by atoms with Crippen LogP contribution in [0.4, 0.5) is 0 Å². The van der Waals surface area contributed by atoms with Gasteiger partial charge in [0.15, 0.2) is 0 Å². The Morgan fingerprint density at radius 2 is 1.93 bits per heavy atom. The van der Waals surface area contributed by atoms with Crippen LogP contribution in [-0.2, 0) is 14.3 Å². The van der Waals surface area contributed by atoms with Crippen molar-refractivity contribution < 1.29 is 19.4 Å². The topological polar surface area (TPSA) is 63.6 Å². The molecular formula is C9H17NaO4. The molecular weight excluding hydrogens is 195 g/mol. The van der Waals surface area contributed by atoms with Gasteiger partial charge in [0.25, 0.3) is 0 Å². The van der Waals surface area contributed by atoms with E-state index < -0.39 is 18.0 Å². The van der Waals surface area contributed by atoms with Gasteiger partial charge in [0.2, 0.25) is 0 Å². The van der Waals surface area contributed by atoms with Gasteiger partial charge in [0.05, 0.1) is 0 Å². The molecule has 0 aromatic carbocycles. The average Bonchev–Trinajstić information content (AvgIpc) is 2.04. The minimum absolute atomic E-state index is 0. The van der Waals surface area contributed by atoms with E-state index in [0.717, 1.165) is 19.3 Å². The van der Waals surface area contributed by atoms with Crippen LogP contribution >= 0.6 is 0 Å². The van der Waals surface area contributed by atoms with Crippen molar-refractivity contribution >= 4 is 41.5 Å². The Labute approximate surface area is 106 Å². The summed E-state index contributed by atoms with van der Waals surface area (Å²) in [5, 5.41) is 8.71. The van der Waals surface area contributed by atoms with Crippen LogP contribution in [0.2, 0.25) is 0 Å². The summed E-state index contributed by atoms with van der Waals surface area (Å²) in [7, 11) is 0. The number of carbonyl (C=O) groups excluding carboxylic acids is 2. The Morgan fingerprint density at radius 1 is 1.36 bits per heavy atom. The van der Waals surface area contributed by atoms with Crippen LogP contribution in [0.3, 0.4) is 0 Å². The molecule has 0 heterocycles. The Bertz CT molecular complexity index is 180. The van der Waals surface area contributed by atoms with Crippen LogP contribution in [0.25, 0.3) is 0 Å². The molecule has 4 nitrogen and oxygen atoms in total. The molecule has 0 aliphatic rings. The van der Waals surface area contributed by atoms with Crippen molar-refractivity contribution in [1.29, 1.82) is 0 Å². The predicted molar refractivity (Wildman–Crippen MR) is 54.1 cm³/mol. The average molecular weight is 212 g/mol. The molecule has 0 saturated carbocycles. The van der Waals surface area contributed by atoms with Gasteiger partial charge in [-0.05, 0) is 13.3 Å². The predicted octanol–water partition coefficient (Wildman–Crippen LogP) is 0.369. The minimum atomic E-state index is -1.23. The van der Waals surface area contributed by atoms with Crippen LogP contribution < -0.4 is 0 Å². The summed E-state index contributed by atoms with van der Waals surface area (Å²) >= 11 is 0. The first kappa shape index (κ1) is 16.5. The third-order valence-corrected chi connectivity index (χ3v) is 1.54. The van der Waals surface area contributed by atoms with E-state index in [1.165, 1.54) is 6.92 Å². The molecule has 0 fully saturated rings. The second kappa shape index (κ2) is 9.65. The molecule has 5 heteroatoms. The molecule has 0 aliphatic carbocycles. The molecule has 1 unspecified atom stereocenters. The number of aliphatic hydroxyl groups excluding tert-OH is 1. The number of aliphatic hydroxyl groups is 1. The summed E-state index contributed by atoms with van der Waals surface area (Å²) in [6, 6.07) is 0. The fourth-order valence-corrected chi connectivity index (χ4v) is 0.768. The zero-order valence-corrected chi connectivity index (χ0v) is 8.08.